The predicted molar refractivity (Wildman–Crippen MR) is 105 cm³/mol. The van der Waals surface area contributed by atoms with Gasteiger partial charge in [-0.1, -0.05) is 11.8 Å². The molecule has 2 heterocycles. The van der Waals surface area contributed by atoms with Gasteiger partial charge in [0.05, 0.1) is 17.9 Å². The maximum atomic E-state index is 12.5. The fraction of sp³-hybridized carbons (Fsp3) is 0.556. The number of carbonyl (C=O) groups excluding carboxylic acids is 2. The zero-order valence-corrected chi connectivity index (χ0v) is 17.0. The zero-order chi connectivity index (χ0) is 19.0. The first-order valence-corrected chi connectivity index (χ1v) is 11.0. The van der Waals surface area contributed by atoms with Crippen LogP contribution in [0.2, 0.25) is 0 Å². The fourth-order valence-electron chi connectivity index (χ4n) is 3.35. The number of nitrogens with zero attached hydrogens (tertiary/aromatic N) is 3. The van der Waals surface area contributed by atoms with Gasteiger partial charge in [-0.3, -0.25) is 4.79 Å². The van der Waals surface area contributed by atoms with Crippen molar-refractivity contribution in [2.45, 2.75) is 50.1 Å². The average Bonchev–Trinajstić information content (AvgIpc) is 3.11. The van der Waals surface area contributed by atoms with Crippen molar-refractivity contribution >= 4 is 40.0 Å². The Morgan fingerprint density at radius 2 is 2.15 bits per heavy atom. The van der Waals surface area contributed by atoms with Gasteiger partial charge in [-0.2, -0.15) is 0 Å². The minimum atomic E-state index is -0.345. The molecule has 0 saturated heterocycles. The second-order valence-electron chi connectivity index (χ2n) is 6.79. The number of thiophene rings is 1. The molecule has 9 heteroatoms. The third-order valence-electron chi connectivity index (χ3n) is 4.80. The van der Waals surface area contributed by atoms with Gasteiger partial charge in [-0.05, 0) is 44.6 Å². The van der Waals surface area contributed by atoms with Crippen LogP contribution in [0.1, 0.15) is 58.7 Å². The molecule has 2 aliphatic rings. The summed E-state index contributed by atoms with van der Waals surface area (Å²) in [5.41, 5.74) is 1.59. The molecule has 27 heavy (non-hydrogen) atoms. The summed E-state index contributed by atoms with van der Waals surface area (Å²) in [5, 5.41) is 12.7. The van der Waals surface area contributed by atoms with E-state index in [1.54, 1.807) is 6.92 Å². The summed E-state index contributed by atoms with van der Waals surface area (Å²) < 4.78 is 7.17. The topological polar surface area (TPSA) is 86.1 Å². The molecule has 4 rings (SSSR count). The summed E-state index contributed by atoms with van der Waals surface area (Å²) in [5.74, 6) is 1.24. The zero-order valence-electron chi connectivity index (χ0n) is 15.4. The van der Waals surface area contributed by atoms with Gasteiger partial charge in [0.2, 0.25) is 5.91 Å². The Labute approximate surface area is 165 Å². The van der Waals surface area contributed by atoms with Crippen LogP contribution in [0.5, 0.6) is 0 Å². The van der Waals surface area contributed by atoms with Crippen molar-refractivity contribution in [1.82, 2.24) is 14.8 Å². The standard InChI is InChI=1S/C18H22N4O3S2/c1-3-25-17(24)14-11-5-4-6-12(11)27-16(14)19-13(23)9-26-18-21-20-15(22(18)2)10-7-8-10/h10H,3-9H2,1-2H3,(H,19,23). The number of rotatable bonds is 7. The number of nitrogens with one attached hydrogen (secondary N) is 1. The van der Waals surface area contributed by atoms with E-state index in [1.807, 2.05) is 11.6 Å². The molecule has 2 aliphatic carbocycles. The molecular formula is C18H22N4O3S2. The van der Waals surface area contributed by atoms with Gasteiger partial charge >= 0.3 is 5.97 Å². The van der Waals surface area contributed by atoms with Crippen molar-refractivity contribution in [2.24, 2.45) is 7.05 Å². The van der Waals surface area contributed by atoms with E-state index in [0.29, 0.717) is 23.1 Å². The number of thioether (sulfide) groups is 1. The normalized spacial score (nSPS) is 15.6. The summed E-state index contributed by atoms with van der Waals surface area (Å²) in [7, 11) is 1.94. The van der Waals surface area contributed by atoms with Crippen LogP contribution >= 0.6 is 23.1 Å². The van der Waals surface area contributed by atoms with E-state index in [9.17, 15) is 9.59 Å². The quantitative estimate of drug-likeness (QED) is 0.562. The molecule has 0 aromatic carbocycles. The average molecular weight is 407 g/mol. The Kier molecular flexibility index (Phi) is 5.23. The van der Waals surface area contributed by atoms with E-state index >= 15 is 0 Å². The van der Waals surface area contributed by atoms with Crippen molar-refractivity contribution in [3.8, 4) is 0 Å². The molecular weight excluding hydrogens is 384 g/mol. The van der Waals surface area contributed by atoms with Gasteiger partial charge in [0.25, 0.3) is 0 Å². The first kappa shape index (κ1) is 18.5. The summed E-state index contributed by atoms with van der Waals surface area (Å²) >= 11 is 2.86. The van der Waals surface area contributed by atoms with E-state index in [-0.39, 0.29) is 17.6 Å². The first-order valence-electron chi connectivity index (χ1n) is 9.22. The smallest absolute Gasteiger partial charge is 0.341 e. The Hall–Kier alpha value is -1.87. The van der Waals surface area contributed by atoms with Crippen molar-refractivity contribution in [3.05, 3.63) is 21.8 Å². The second kappa shape index (κ2) is 7.63. The van der Waals surface area contributed by atoms with Crippen LogP contribution in [-0.4, -0.2) is 39.0 Å². The monoisotopic (exact) mass is 406 g/mol. The van der Waals surface area contributed by atoms with Crippen LogP contribution in [0.25, 0.3) is 0 Å². The SMILES string of the molecule is CCOC(=O)c1c(NC(=O)CSc2nnc(C3CC3)n2C)sc2c1CCC2. The first-order chi connectivity index (χ1) is 13.1. The summed E-state index contributed by atoms with van der Waals surface area (Å²) in [6, 6.07) is 0. The second-order valence-corrected chi connectivity index (χ2v) is 8.84. The molecule has 0 spiro atoms. The van der Waals surface area contributed by atoms with E-state index in [4.69, 9.17) is 4.74 Å². The number of carbonyl (C=O) groups is 2. The Balaban J connectivity index is 1.43. The highest BCUT2D eigenvalue weighted by Gasteiger charge is 2.30. The lowest BCUT2D eigenvalue weighted by molar-refractivity contribution is -0.113. The Morgan fingerprint density at radius 1 is 1.33 bits per heavy atom. The van der Waals surface area contributed by atoms with Crippen LogP contribution in [0.4, 0.5) is 5.00 Å². The van der Waals surface area contributed by atoms with Gasteiger partial charge in [0.1, 0.15) is 10.8 Å². The van der Waals surface area contributed by atoms with Crippen LogP contribution in [0.15, 0.2) is 5.16 Å². The van der Waals surface area contributed by atoms with Crippen LogP contribution in [0, 0.1) is 0 Å². The van der Waals surface area contributed by atoms with Crippen LogP contribution in [0.3, 0.4) is 0 Å². The predicted octanol–water partition coefficient (Wildman–Crippen LogP) is 3.15. The van der Waals surface area contributed by atoms with Crippen LogP contribution < -0.4 is 5.32 Å². The third-order valence-corrected chi connectivity index (χ3v) is 7.02. The van der Waals surface area contributed by atoms with E-state index < -0.39 is 0 Å². The highest BCUT2D eigenvalue weighted by molar-refractivity contribution is 7.99. The summed E-state index contributed by atoms with van der Waals surface area (Å²) in [6.45, 7) is 2.11. The number of hydrogen-bond acceptors (Lipinski definition) is 7. The van der Waals surface area contributed by atoms with E-state index in [0.717, 1.165) is 48.6 Å². The number of aryl methyl sites for hydroxylation is 1. The van der Waals surface area contributed by atoms with Crippen molar-refractivity contribution in [1.29, 1.82) is 0 Å². The van der Waals surface area contributed by atoms with Gasteiger partial charge < -0.3 is 14.6 Å². The third kappa shape index (κ3) is 3.75. The van der Waals surface area contributed by atoms with Crippen molar-refractivity contribution < 1.29 is 14.3 Å². The van der Waals surface area contributed by atoms with E-state index in [2.05, 4.69) is 15.5 Å². The molecule has 2 aromatic heterocycles. The minimum absolute atomic E-state index is 0.151. The molecule has 7 nitrogen and oxygen atoms in total. The number of amides is 1. The van der Waals surface area contributed by atoms with Crippen LogP contribution in [-0.2, 0) is 29.4 Å². The van der Waals surface area contributed by atoms with Gasteiger partial charge in [0.15, 0.2) is 5.16 Å². The molecule has 0 radical (unpaired) electrons. The molecule has 2 aromatic rings. The van der Waals surface area contributed by atoms with Gasteiger partial charge in [0, 0.05) is 17.8 Å². The maximum absolute atomic E-state index is 12.5. The molecule has 0 atom stereocenters. The van der Waals surface area contributed by atoms with Gasteiger partial charge in [-0.15, -0.1) is 21.5 Å². The molecule has 1 N–H and O–H groups in total. The maximum Gasteiger partial charge on any atom is 0.341 e. The summed E-state index contributed by atoms with van der Waals surface area (Å²) in [4.78, 5) is 26.0. The van der Waals surface area contributed by atoms with Crippen molar-refractivity contribution in [3.63, 3.8) is 0 Å². The Morgan fingerprint density at radius 3 is 2.89 bits per heavy atom. The molecule has 0 unspecified atom stereocenters. The summed E-state index contributed by atoms with van der Waals surface area (Å²) in [6.07, 6.45) is 5.20. The number of hydrogen-bond donors (Lipinski definition) is 1. The Bertz CT molecular complexity index is 886. The number of fused-ring (bicyclic) bond motifs is 1. The molecule has 1 saturated carbocycles. The number of aromatic nitrogens is 3. The number of esters is 1. The van der Waals surface area contributed by atoms with Crippen molar-refractivity contribution in [2.75, 3.05) is 17.7 Å². The number of anilines is 1. The van der Waals surface area contributed by atoms with Gasteiger partial charge in [-0.25, -0.2) is 4.79 Å². The lowest BCUT2D eigenvalue weighted by Gasteiger charge is -2.08. The minimum Gasteiger partial charge on any atom is -0.462 e. The molecule has 0 bridgehead atoms. The molecule has 1 amide bonds. The molecule has 0 aliphatic heterocycles. The molecule has 144 valence electrons. The molecule has 1 fully saturated rings. The number of ether oxygens (including phenoxy) is 1. The lowest BCUT2D eigenvalue weighted by atomic mass is 10.1. The highest BCUT2D eigenvalue weighted by atomic mass is 32.2. The van der Waals surface area contributed by atoms with E-state index in [1.165, 1.54) is 28.0 Å². The highest BCUT2D eigenvalue weighted by Crippen LogP contribution is 2.40. The fourth-order valence-corrected chi connectivity index (χ4v) is 5.36. The lowest BCUT2D eigenvalue weighted by Crippen LogP contribution is -2.17. The largest absolute Gasteiger partial charge is 0.462 e.